The lowest BCUT2D eigenvalue weighted by atomic mass is 10.3. The highest BCUT2D eigenvalue weighted by Crippen LogP contribution is 2.26. The van der Waals surface area contributed by atoms with Crippen molar-refractivity contribution in [2.45, 2.75) is 11.3 Å². The van der Waals surface area contributed by atoms with Crippen LogP contribution in [0.5, 0.6) is 5.75 Å². The molecule has 3 rings (SSSR count). The SMILES string of the molecule is CSc1ccccc1OCCCN1CCN(c2cc(=O)n(C)c(=O)n2C)CC1.Cl. The summed E-state index contributed by atoms with van der Waals surface area (Å²) in [4.78, 5) is 29.8. The molecule has 1 saturated heterocycles. The van der Waals surface area contributed by atoms with E-state index in [1.165, 1.54) is 7.05 Å². The number of ether oxygens (including phenoxy) is 1. The summed E-state index contributed by atoms with van der Waals surface area (Å²) in [6.45, 7) is 5.09. The van der Waals surface area contributed by atoms with E-state index in [0.717, 1.165) is 54.4 Å². The first kappa shape index (κ1) is 23.4. The zero-order chi connectivity index (χ0) is 20.1. The predicted octanol–water partition coefficient (Wildman–Crippen LogP) is 1.82. The average molecular weight is 441 g/mol. The number of halogens is 1. The van der Waals surface area contributed by atoms with Crippen molar-refractivity contribution in [2.75, 3.05) is 50.5 Å². The van der Waals surface area contributed by atoms with Gasteiger partial charge in [0.1, 0.15) is 11.6 Å². The molecule has 0 atom stereocenters. The van der Waals surface area contributed by atoms with Gasteiger partial charge in [-0.05, 0) is 24.8 Å². The average Bonchev–Trinajstić information content (AvgIpc) is 2.73. The molecular weight excluding hydrogens is 412 g/mol. The molecule has 1 aromatic carbocycles. The molecule has 9 heteroatoms. The molecule has 0 saturated carbocycles. The van der Waals surface area contributed by atoms with Gasteiger partial charge in [0.25, 0.3) is 5.56 Å². The lowest BCUT2D eigenvalue weighted by Crippen LogP contribution is -2.49. The minimum atomic E-state index is -0.285. The van der Waals surface area contributed by atoms with Crippen molar-refractivity contribution in [3.8, 4) is 5.75 Å². The molecule has 0 amide bonds. The molecule has 160 valence electrons. The predicted molar refractivity (Wildman–Crippen MR) is 121 cm³/mol. The van der Waals surface area contributed by atoms with Gasteiger partial charge in [0, 0.05) is 57.8 Å². The summed E-state index contributed by atoms with van der Waals surface area (Å²) >= 11 is 1.69. The zero-order valence-corrected chi connectivity index (χ0v) is 18.8. The van der Waals surface area contributed by atoms with Gasteiger partial charge in [-0.15, -0.1) is 24.2 Å². The van der Waals surface area contributed by atoms with Gasteiger partial charge in [0.2, 0.25) is 0 Å². The van der Waals surface area contributed by atoms with Crippen molar-refractivity contribution in [3.63, 3.8) is 0 Å². The Kier molecular flexibility index (Phi) is 8.67. The second-order valence-electron chi connectivity index (χ2n) is 6.92. The molecule has 2 heterocycles. The van der Waals surface area contributed by atoms with Crippen molar-refractivity contribution >= 4 is 30.0 Å². The van der Waals surface area contributed by atoms with Gasteiger partial charge in [0.15, 0.2) is 0 Å². The number of piperazine rings is 1. The molecule has 0 bridgehead atoms. The molecule has 1 aliphatic heterocycles. The van der Waals surface area contributed by atoms with Gasteiger partial charge in [-0.1, -0.05) is 12.1 Å². The van der Waals surface area contributed by atoms with Gasteiger partial charge < -0.3 is 9.64 Å². The molecule has 2 aromatic rings. The van der Waals surface area contributed by atoms with Gasteiger partial charge in [-0.3, -0.25) is 18.8 Å². The molecule has 29 heavy (non-hydrogen) atoms. The van der Waals surface area contributed by atoms with Gasteiger partial charge in [0.05, 0.1) is 6.61 Å². The molecule has 1 aromatic heterocycles. The van der Waals surface area contributed by atoms with Crippen LogP contribution in [0, 0.1) is 0 Å². The van der Waals surface area contributed by atoms with Crippen molar-refractivity contribution in [1.29, 1.82) is 0 Å². The molecule has 1 fully saturated rings. The van der Waals surface area contributed by atoms with E-state index < -0.39 is 0 Å². The molecule has 0 radical (unpaired) electrons. The van der Waals surface area contributed by atoms with Crippen LogP contribution in [0.3, 0.4) is 0 Å². The second kappa shape index (κ2) is 10.8. The van der Waals surface area contributed by atoms with E-state index in [4.69, 9.17) is 4.74 Å². The summed E-state index contributed by atoms with van der Waals surface area (Å²) in [6, 6.07) is 9.66. The summed E-state index contributed by atoms with van der Waals surface area (Å²) in [5.41, 5.74) is -0.546. The smallest absolute Gasteiger partial charge is 0.332 e. The Morgan fingerprint density at radius 1 is 1.03 bits per heavy atom. The van der Waals surface area contributed by atoms with Gasteiger partial charge >= 0.3 is 5.69 Å². The number of aromatic nitrogens is 2. The molecular formula is C20H29ClN4O3S. The third kappa shape index (κ3) is 5.58. The van der Waals surface area contributed by atoms with Crippen molar-refractivity contribution < 1.29 is 4.74 Å². The first-order chi connectivity index (χ1) is 13.5. The highest BCUT2D eigenvalue weighted by Gasteiger charge is 2.20. The van der Waals surface area contributed by atoms with Crippen LogP contribution in [-0.4, -0.2) is 59.6 Å². The van der Waals surface area contributed by atoms with Crippen LogP contribution >= 0.6 is 24.2 Å². The van der Waals surface area contributed by atoms with E-state index in [1.54, 1.807) is 29.4 Å². The number of hydrogen-bond acceptors (Lipinski definition) is 6. The maximum Gasteiger partial charge on any atom is 0.332 e. The van der Waals surface area contributed by atoms with E-state index in [9.17, 15) is 9.59 Å². The Morgan fingerprint density at radius 3 is 2.41 bits per heavy atom. The van der Waals surface area contributed by atoms with Crippen LogP contribution in [0.4, 0.5) is 5.82 Å². The first-order valence-corrected chi connectivity index (χ1v) is 10.7. The number of hydrogen-bond donors (Lipinski definition) is 0. The Labute approximate surface area is 181 Å². The number of anilines is 1. The van der Waals surface area contributed by atoms with Gasteiger partial charge in [-0.2, -0.15) is 0 Å². The third-order valence-electron chi connectivity index (χ3n) is 5.14. The molecule has 1 aliphatic rings. The number of thioether (sulfide) groups is 1. The largest absolute Gasteiger partial charge is 0.492 e. The Morgan fingerprint density at radius 2 is 1.72 bits per heavy atom. The Balaban J connectivity index is 0.00000300. The van der Waals surface area contributed by atoms with Crippen LogP contribution in [-0.2, 0) is 14.1 Å². The highest BCUT2D eigenvalue weighted by molar-refractivity contribution is 7.98. The number of para-hydroxylation sites is 1. The summed E-state index contributed by atoms with van der Waals surface area (Å²) in [6.07, 6.45) is 3.02. The van der Waals surface area contributed by atoms with E-state index in [0.29, 0.717) is 12.4 Å². The van der Waals surface area contributed by atoms with E-state index >= 15 is 0 Å². The second-order valence-corrected chi connectivity index (χ2v) is 7.77. The lowest BCUT2D eigenvalue weighted by molar-refractivity contribution is 0.222. The first-order valence-electron chi connectivity index (χ1n) is 9.51. The zero-order valence-electron chi connectivity index (χ0n) is 17.2. The Hall–Kier alpha value is -1.90. The fourth-order valence-electron chi connectivity index (χ4n) is 3.43. The molecule has 0 spiro atoms. The van der Waals surface area contributed by atoms with Crippen LogP contribution in [0.25, 0.3) is 0 Å². The maximum absolute atomic E-state index is 12.1. The summed E-state index contributed by atoms with van der Waals surface area (Å²) in [5.74, 6) is 1.65. The minimum absolute atomic E-state index is 0. The van der Waals surface area contributed by atoms with Crippen LogP contribution in [0.1, 0.15) is 6.42 Å². The molecule has 0 N–H and O–H groups in total. The number of rotatable bonds is 7. The normalized spacial score (nSPS) is 14.5. The summed E-state index contributed by atoms with van der Waals surface area (Å²) < 4.78 is 8.61. The quantitative estimate of drug-likeness (QED) is 0.483. The molecule has 0 aliphatic carbocycles. The number of nitrogens with zero attached hydrogens (tertiary/aromatic N) is 4. The Bertz CT molecular complexity index is 923. The van der Waals surface area contributed by atoms with E-state index in [-0.39, 0.29) is 23.7 Å². The standard InChI is InChI=1S/C20H28N4O3S.ClH/c1-21-18(15-19(25)22(2)20(21)26)24-12-10-23(11-13-24)9-6-14-27-16-7-4-5-8-17(16)28-3;/h4-5,7-8,15H,6,9-14H2,1-3H3;1H. The minimum Gasteiger partial charge on any atom is -0.492 e. The fraction of sp³-hybridized carbons (Fsp3) is 0.500. The van der Waals surface area contributed by atoms with Crippen LogP contribution < -0.4 is 20.9 Å². The van der Waals surface area contributed by atoms with Crippen molar-refractivity contribution in [3.05, 3.63) is 51.2 Å². The van der Waals surface area contributed by atoms with Crippen molar-refractivity contribution in [1.82, 2.24) is 14.0 Å². The summed E-state index contributed by atoms with van der Waals surface area (Å²) in [7, 11) is 3.22. The third-order valence-corrected chi connectivity index (χ3v) is 5.92. The monoisotopic (exact) mass is 440 g/mol. The highest BCUT2D eigenvalue weighted by atomic mass is 35.5. The van der Waals surface area contributed by atoms with Crippen LogP contribution in [0.15, 0.2) is 44.8 Å². The van der Waals surface area contributed by atoms with Crippen LogP contribution in [0.2, 0.25) is 0 Å². The maximum atomic E-state index is 12.1. The lowest BCUT2D eigenvalue weighted by Gasteiger charge is -2.36. The molecule has 7 nitrogen and oxygen atoms in total. The number of benzene rings is 1. The van der Waals surface area contributed by atoms with E-state index in [2.05, 4.69) is 22.1 Å². The molecule has 0 unspecified atom stereocenters. The van der Waals surface area contributed by atoms with E-state index in [1.807, 2.05) is 18.2 Å². The summed E-state index contributed by atoms with van der Waals surface area (Å²) in [5, 5.41) is 0. The van der Waals surface area contributed by atoms with Crippen molar-refractivity contribution in [2.24, 2.45) is 14.1 Å². The van der Waals surface area contributed by atoms with Gasteiger partial charge in [-0.25, -0.2) is 4.79 Å². The fourth-order valence-corrected chi connectivity index (χ4v) is 3.98. The topological polar surface area (TPSA) is 59.7 Å².